The highest BCUT2D eigenvalue weighted by Crippen LogP contribution is 2.36. The number of aromatic nitrogens is 1. The van der Waals surface area contributed by atoms with Crippen LogP contribution in [-0.4, -0.2) is 42.1 Å². The van der Waals surface area contributed by atoms with E-state index in [1.807, 2.05) is 18.7 Å². The van der Waals surface area contributed by atoms with Crippen LogP contribution in [0.4, 0.5) is 29.1 Å². The molecule has 0 bridgehead atoms. The number of ether oxygens (including phenoxy) is 1. The van der Waals surface area contributed by atoms with Crippen LogP contribution in [0.5, 0.6) is 5.75 Å². The number of rotatable bonds is 5. The number of piperidine rings is 1. The smallest absolute Gasteiger partial charge is 0.431 e. The van der Waals surface area contributed by atoms with Crippen LogP contribution in [0.3, 0.4) is 0 Å². The molecule has 0 amide bonds. The quantitative estimate of drug-likeness (QED) is 0.530. The van der Waals surface area contributed by atoms with Crippen LogP contribution in [0.1, 0.15) is 38.8 Å². The van der Waals surface area contributed by atoms with Crippen molar-refractivity contribution in [3.8, 4) is 5.75 Å². The fraction of sp³-hybridized carbons (Fsp3) is 0.500. The summed E-state index contributed by atoms with van der Waals surface area (Å²) in [6.07, 6.45) is -2.46. The first-order chi connectivity index (χ1) is 15.7. The molecule has 0 radical (unpaired) electrons. The molecule has 1 saturated heterocycles. The van der Waals surface area contributed by atoms with Crippen LogP contribution < -0.4 is 14.6 Å². The molecule has 9 heteroatoms. The zero-order valence-corrected chi connectivity index (χ0v) is 18.9. The zero-order chi connectivity index (χ0) is 23.8. The SMILES string of the molecule is CC[C@H]1C(C)C(C(F)(F)F)=NN1c1ccc(OC2CCN(c3nc(C)ccc3F)CC2)cc1. The van der Waals surface area contributed by atoms with Gasteiger partial charge in [0.1, 0.15) is 17.6 Å². The van der Waals surface area contributed by atoms with Crippen LogP contribution in [0.25, 0.3) is 0 Å². The van der Waals surface area contributed by atoms with Crippen molar-refractivity contribution in [2.75, 3.05) is 23.0 Å². The van der Waals surface area contributed by atoms with E-state index >= 15 is 0 Å². The maximum absolute atomic E-state index is 14.1. The van der Waals surface area contributed by atoms with E-state index in [4.69, 9.17) is 4.74 Å². The summed E-state index contributed by atoms with van der Waals surface area (Å²) in [5.41, 5.74) is 0.645. The number of anilines is 2. The Morgan fingerprint density at radius 3 is 2.33 bits per heavy atom. The Bertz CT molecular complexity index is 1000. The average Bonchev–Trinajstić information content (AvgIpc) is 3.13. The molecular formula is C24H28F4N4O. The summed E-state index contributed by atoms with van der Waals surface area (Å²) in [6.45, 7) is 6.54. The van der Waals surface area contributed by atoms with Crippen molar-refractivity contribution in [3.05, 3.63) is 47.9 Å². The van der Waals surface area contributed by atoms with Gasteiger partial charge in [0.15, 0.2) is 11.6 Å². The average molecular weight is 465 g/mol. The van der Waals surface area contributed by atoms with Gasteiger partial charge in [-0.25, -0.2) is 9.37 Å². The summed E-state index contributed by atoms with van der Waals surface area (Å²) >= 11 is 0. The Hall–Kier alpha value is -2.84. The van der Waals surface area contributed by atoms with Crippen LogP contribution in [0.2, 0.25) is 0 Å². The number of hydrazone groups is 1. The molecule has 33 heavy (non-hydrogen) atoms. The van der Waals surface area contributed by atoms with Crippen LogP contribution in [0.15, 0.2) is 41.5 Å². The molecule has 1 aromatic carbocycles. The van der Waals surface area contributed by atoms with Gasteiger partial charge < -0.3 is 9.64 Å². The lowest BCUT2D eigenvalue weighted by atomic mass is 9.95. The monoisotopic (exact) mass is 464 g/mol. The van der Waals surface area contributed by atoms with E-state index in [9.17, 15) is 17.6 Å². The van der Waals surface area contributed by atoms with Crippen LogP contribution in [-0.2, 0) is 0 Å². The molecule has 0 spiro atoms. The first-order valence-electron chi connectivity index (χ1n) is 11.3. The maximum atomic E-state index is 14.1. The summed E-state index contributed by atoms with van der Waals surface area (Å²) < 4.78 is 60.1. The van der Waals surface area contributed by atoms with Gasteiger partial charge in [0.2, 0.25) is 0 Å². The molecule has 1 unspecified atom stereocenters. The molecule has 0 N–H and O–H groups in total. The van der Waals surface area contributed by atoms with Gasteiger partial charge in [-0.1, -0.05) is 13.8 Å². The molecule has 2 aliphatic rings. The highest BCUT2D eigenvalue weighted by atomic mass is 19.4. The van der Waals surface area contributed by atoms with Crippen molar-refractivity contribution < 1.29 is 22.3 Å². The highest BCUT2D eigenvalue weighted by molar-refractivity contribution is 5.95. The van der Waals surface area contributed by atoms with E-state index in [1.165, 1.54) is 11.1 Å². The Labute approximate surface area is 191 Å². The van der Waals surface area contributed by atoms with Crippen molar-refractivity contribution in [1.82, 2.24) is 4.98 Å². The maximum Gasteiger partial charge on any atom is 0.431 e. The standard InChI is InChI=1S/C24H28F4N4O/c1-4-21-16(3)22(24(26,27)28)30-32(21)17-6-8-18(9-7-17)33-19-11-13-31(14-12-19)23-20(25)10-5-15(2)29-23/h5-10,16,19,21H,4,11-14H2,1-3H3/t16?,21-/m0/s1. The van der Waals surface area contributed by atoms with Crippen molar-refractivity contribution in [3.63, 3.8) is 0 Å². The van der Waals surface area contributed by atoms with Gasteiger partial charge in [-0.15, -0.1) is 0 Å². The minimum absolute atomic E-state index is 0.0231. The van der Waals surface area contributed by atoms with Crippen molar-refractivity contribution >= 4 is 17.2 Å². The predicted octanol–water partition coefficient (Wildman–Crippen LogP) is 5.73. The lowest BCUT2D eigenvalue weighted by Crippen LogP contribution is -2.39. The lowest BCUT2D eigenvalue weighted by molar-refractivity contribution is -0.0620. The van der Waals surface area contributed by atoms with E-state index in [1.54, 1.807) is 37.3 Å². The fourth-order valence-corrected chi connectivity index (χ4v) is 4.57. The fourth-order valence-electron chi connectivity index (χ4n) is 4.57. The molecule has 2 aromatic rings. The first kappa shape index (κ1) is 23.3. The third kappa shape index (κ3) is 4.91. The number of nitrogens with zero attached hydrogens (tertiary/aromatic N) is 4. The molecular weight excluding hydrogens is 436 g/mol. The minimum atomic E-state index is -4.43. The van der Waals surface area contributed by atoms with E-state index < -0.39 is 17.8 Å². The van der Waals surface area contributed by atoms with E-state index in [0.717, 1.165) is 18.5 Å². The first-order valence-corrected chi connectivity index (χ1v) is 11.3. The van der Waals surface area contributed by atoms with E-state index in [-0.39, 0.29) is 18.0 Å². The minimum Gasteiger partial charge on any atom is -0.490 e. The number of halogens is 4. The van der Waals surface area contributed by atoms with Crippen LogP contribution >= 0.6 is 0 Å². The summed E-state index contributed by atoms with van der Waals surface area (Å²) in [7, 11) is 0. The van der Waals surface area contributed by atoms with Crippen LogP contribution in [0, 0.1) is 18.7 Å². The number of alkyl halides is 3. The van der Waals surface area contributed by atoms with Gasteiger partial charge in [-0.3, -0.25) is 5.01 Å². The van der Waals surface area contributed by atoms with Crippen molar-refractivity contribution in [2.45, 2.75) is 58.4 Å². The Kier molecular flexibility index (Phi) is 6.50. The molecule has 3 heterocycles. The largest absolute Gasteiger partial charge is 0.490 e. The topological polar surface area (TPSA) is 41.0 Å². The van der Waals surface area contributed by atoms with Gasteiger partial charge in [0.25, 0.3) is 0 Å². The van der Waals surface area contributed by atoms with Gasteiger partial charge in [-0.05, 0) is 49.7 Å². The Morgan fingerprint density at radius 2 is 1.73 bits per heavy atom. The third-order valence-electron chi connectivity index (χ3n) is 6.36. The lowest BCUT2D eigenvalue weighted by Gasteiger charge is -2.33. The molecule has 5 nitrogen and oxygen atoms in total. The van der Waals surface area contributed by atoms with Crippen molar-refractivity contribution in [2.24, 2.45) is 11.0 Å². The van der Waals surface area contributed by atoms with Gasteiger partial charge >= 0.3 is 6.18 Å². The third-order valence-corrected chi connectivity index (χ3v) is 6.36. The summed E-state index contributed by atoms with van der Waals surface area (Å²) in [4.78, 5) is 6.25. The number of pyridine rings is 1. The predicted molar refractivity (Wildman–Crippen MR) is 120 cm³/mol. The number of benzene rings is 1. The summed E-state index contributed by atoms with van der Waals surface area (Å²) in [6, 6.07) is 9.77. The normalized spacial score (nSPS) is 22.0. The molecule has 4 rings (SSSR count). The van der Waals surface area contributed by atoms with E-state index in [2.05, 4.69) is 10.1 Å². The molecule has 2 atom stereocenters. The molecule has 2 aliphatic heterocycles. The Balaban J connectivity index is 1.39. The molecule has 1 aromatic heterocycles. The highest BCUT2D eigenvalue weighted by Gasteiger charge is 2.47. The second kappa shape index (κ2) is 9.19. The number of hydrogen-bond donors (Lipinski definition) is 0. The van der Waals surface area contributed by atoms with Gasteiger partial charge in [0.05, 0.1) is 11.7 Å². The van der Waals surface area contributed by atoms with E-state index in [0.29, 0.717) is 36.8 Å². The second-order valence-electron chi connectivity index (χ2n) is 8.65. The molecule has 178 valence electrons. The summed E-state index contributed by atoms with van der Waals surface area (Å²) in [5, 5.41) is 5.37. The second-order valence-corrected chi connectivity index (χ2v) is 8.65. The van der Waals surface area contributed by atoms with Gasteiger partial charge in [0, 0.05) is 37.5 Å². The Morgan fingerprint density at radius 1 is 1.06 bits per heavy atom. The molecule has 1 fully saturated rings. The molecule has 0 saturated carbocycles. The zero-order valence-electron chi connectivity index (χ0n) is 18.9. The summed E-state index contributed by atoms with van der Waals surface area (Å²) in [5.74, 6) is 0.0108. The van der Waals surface area contributed by atoms with Crippen molar-refractivity contribution in [1.29, 1.82) is 0 Å². The number of hydrogen-bond acceptors (Lipinski definition) is 5. The number of aryl methyl sites for hydroxylation is 1. The van der Waals surface area contributed by atoms with Gasteiger partial charge in [-0.2, -0.15) is 18.3 Å². The molecule has 0 aliphatic carbocycles.